The summed E-state index contributed by atoms with van der Waals surface area (Å²) >= 11 is 6.00. The molecule has 19 heavy (non-hydrogen) atoms. The molecule has 0 aliphatic heterocycles. The van der Waals surface area contributed by atoms with Gasteiger partial charge in [-0.1, -0.05) is 49.9 Å². The molecule has 2 rings (SSSR count). The molecule has 0 spiro atoms. The fraction of sp³-hybridized carbons (Fsp3) is 0.625. The van der Waals surface area contributed by atoms with Crippen LogP contribution in [0.25, 0.3) is 0 Å². The van der Waals surface area contributed by atoms with Gasteiger partial charge < -0.3 is 10.1 Å². The second kappa shape index (κ2) is 6.74. The van der Waals surface area contributed by atoms with Gasteiger partial charge in [-0.3, -0.25) is 0 Å². The number of likely N-dealkylation sites (N-methyl/N-ethyl adjacent to an activating group) is 1. The number of methoxy groups -OCH3 is 1. The van der Waals surface area contributed by atoms with Crippen LogP contribution in [0.15, 0.2) is 24.3 Å². The average Bonchev–Trinajstić information content (AvgIpc) is 2.47. The predicted octanol–water partition coefficient (Wildman–Crippen LogP) is 4.34. The van der Waals surface area contributed by atoms with Gasteiger partial charge in [-0.05, 0) is 37.1 Å². The molecule has 0 heterocycles. The molecule has 1 aliphatic rings. The van der Waals surface area contributed by atoms with Crippen molar-refractivity contribution in [3.63, 3.8) is 0 Å². The lowest BCUT2D eigenvalue weighted by molar-refractivity contribution is -0.0684. The predicted molar refractivity (Wildman–Crippen MR) is 80.7 cm³/mol. The van der Waals surface area contributed by atoms with Gasteiger partial charge >= 0.3 is 0 Å². The monoisotopic (exact) mass is 281 g/mol. The molecule has 3 heteroatoms. The molecule has 1 atom stereocenters. The fourth-order valence-electron chi connectivity index (χ4n) is 3.23. The van der Waals surface area contributed by atoms with Crippen molar-refractivity contribution in [1.29, 1.82) is 0 Å². The van der Waals surface area contributed by atoms with E-state index in [1.807, 2.05) is 19.2 Å². The lowest BCUT2D eigenvalue weighted by Gasteiger charge is -2.43. The Morgan fingerprint density at radius 3 is 2.37 bits per heavy atom. The van der Waals surface area contributed by atoms with Crippen molar-refractivity contribution in [3.05, 3.63) is 34.9 Å². The van der Waals surface area contributed by atoms with Gasteiger partial charge in [0.15, 0.2) is 0 Å². The highest BCUT2D eigenvalue weighted by atomic mass is 35.5. The van der Waals surface area contributed by atoms with E-state index >= 15 is 0 Å². The number of ether oxygens (including phenoxy) is 1. The van der Waals surface area contributed by atoms with Gasteiger partial charge in [0.25, 0.3) is 0 Å². The molecule has 2 nitrogen and oxygen atoms in total. The minimum atomic E-state index is -0.0674. The molecule has 1 N–H and O–H groups in total. The lowest BCUT2D eigenvalue weighted by atomic mass is 9.76. The molecule has 0 aromatic heterocycles. The van der Waals surface area contributed by atoms with Gasteiger partial charge in [-0.15, -0.1) is 0 Å². The van der Waals surface area contributed by atoms with Crippen molar-refractivity contribution in [3.8, 4) is 0 Å². The van der Waals surface area contributed by atoms with Crippen LogP contribution in [0.2, 0.25) is 5.02 Å². The van der Waals surface area contributed by atoms with Gasteiger partial charge in [0.2, 0.25) is 0 Å². The van der Waals surface area contributed by atoms with Crippen molar-refractivity contribution in [2.45, 2.75) is 50.7 Å². The minimum absolute atomic E-state index is 0.0674. The lowest BCUT2D eigenvalue weighted by Crippen LogP contribution is -2.47. The third-order valence-electron chi connectivity index (χ3n) is 4.24. The number of halogens is 1. The molecule has 0 radical (unpaired) electrons. The molecular formula is C16H24ClNO. The highest BCUT2D eigenvalue weighted by Gasteiger charge is 2.40. The molecule has 0 saturated heterocycles. The van der Waals surface area contributed by atoms with Crippen LogP contribution in [0, 0.1) is 0 Å². The molecule has 1 unspecified atom stereocenters. The summed E-state index contributed by atoms with van der Waals surface area (Å²) < 4.78 is 5.98. The van der Waals surface area contributed by atoms with Crippen LogP contribution >= 0.6 is 11.6 Å². The summed E-state index contributed by atoms with van der Waals surface area (Å²) in [6.07, 6.45) is 6.09. The molecular weight excluding hydrogens is 258 g/mol. The van der Waals surface area contributed by atoms with E-state index in [0.29, 0.717) is 0 Å². The van der Waals surface area contributed by atoms with Gasteiger partial charge in [0.05, 0.1) is 11.6 Å². The summed E-state index contributed by atoms with van der Waals surface area (Å²) in [5.74, 6) is 0. The number of hydrogen-bond acceptors (Lipinski definition) is 2. The van der Waals surface area contributed by atoms with Crippen molar-refractivity contribution in [1.82, 2.24) is 5.32 Å². The first-order valence-electron chi connectivity index (χ1n) is 7.26. The van der Waals surface area contributed by atoms with E-state index in [2.05, 4.69) is 24.4 Å². The number of hydrogen-bond donors (Lipinski definition) is 1. The van der Waals surface area contributed by atoms with Crippen LogP contribution < -0.4 is 5.32 Å². The first-order chi connectivity index (χ1) is 9.22. The largest absolute Gasteiger partial charge is 0.376 e. The number of nitrogens with one attached hydrogen (secondary N) is 1. The van der Waals surface area contributed by atoms with E-state index in [0.717, 1.165) is 24.4 Å². The molecule has 1 aromatic rings. The molecule has 1 fully saturated rings. The Hall–Kier alpha value is -0.570. The standard InChI is InChI=1S/C16H24ClNO/c1-3-18-15(13-7-9-14(17)10-8-13)16(19-2)11-5-4-6-12-16/h7-10,15,18H,3-6,11-12H2,1-2H3. The molecule has 106 valence electrons. The quantitative estimate of drug-likeness (QED) is 0.867. The van der Waals surface area contributed by atoms with E-state index in [1.165, 1.54) is 24.8 Å². The Balaban J connectivity index is 2.29. The first-order valence-corrected chi connectivity index (χ1v) is 7.63. The van der Waals surface area contributed by atoms with Gasteiger partial charge in [-0.25, -0.2) is 0 Å². The Kier molecular flexibility index (Phi) is 5.26. The van der Waals surface area contributed by atoms with Crippen LogP contribution in [-0.4, -0.2) is 19.3 Å². The maximum Gasteiger partial charge on any atom is 0.0872 e. The van der Waals surface area contributed by atoms with E-state index in [9.17, 15) is 0 Å². The Labute approximate surface area is 121 Å². The SMILES string of the molecule is CCNC(c1ccc(Cl)cc1)C1(OC)CCCCC1. The minimum Gasteiger partial charge on any atom is -0.376 e. The van der Waals surface area contributed by atoms with E-state index in [4.69, 9.17) is 16.3 Å². The van der Waals surface area contributed by atoms with E-state index in [-0.39, 0.29) is 11.6 Å². The molecule has 1 saturated carbocycles. The van der Waals surface area contributed by atoms with Crippen molar-refractivity contribution >= 4 is 11.6 Å². The number of rotatable bonds is 5. The maximum absolute atomic E-state index is 6.00. The smallest absolute Gasteiger partial charge is 0.0872 e. The normalized spacial score (nSPS) is 20.2. The Morgan fingerprint density at radius 2 is 1.84 bits per heavy atom. The van der Waals surface area contributed by atoms with Crippen molar-refractivity contribution in [2.24, 2.45) is 0 Å². The molecule has 0 bridgehead atoms. The third-order valence-corrected chi connectivity index (χ3v) is 4.50. The highest BCUT2D eigenvalue weighted by Crippen LogP contribution is 2.41. The molecule has 1 aromatic carbocycles. The van der Waals surface area contributed by atoms with Crippen molar-refractivity contribution < 1.29 is 4.74 Å². The Morgan fingerprint density at radius 1 is 1.21 bits per heavy atom. The average molecular weight is 282 g/mol. The van der Waals surface area contributed by atoms with Crippen LogP contribution in [0.1, 0.15) is 50.6 Å². The van der Waals surface area contributed by atoms with E-state index < -0.39 is 0 Å². The second-order valence-corrected chi connectivity index (χ2v) is 5.81. The van der Waals surface area contributed by atoms with Crippen LogP contribution in [0.3, 0.4) is 0 Å². The zero-order valence-electron chi connectivity index (χ0n) is 11.9. The molecule has 0 amide bonds. The highest BCUT2D eigenvalue weighted by molar-refractivity contribution is 6.30. The number of benzene rings is 1. The summed E-state index contributed by atoms with van der Waals surface area (Å²) in [6, 6.07) is 8.41. The zero-order chi connectivity index (χ0) is 13.7. The summed E-state index contributed by atoms with van der Waals surface area (Å²) in [7, 11) is 1.85. The summed E-state index contributed by atoms with van der Waals surface area (Å²) in [5, 5.41) is 4.40. The third kappa shape index (κ3) is 3.31. The van der Waals surface area contributed by atoms with E-state index in [1.54, 1.807) is 0 Å². The van der Waals surface area contributed by atoms with Gasteiger partial charge in [0.1, 0.15) is 0 Å². The van der Waals surface area contributed by atoms with Crippen LogP contribution in [0.4, 0.5) is 0 Å². The fourth-order valence-corrected chi connectivity index (χ4v) is 3.35. The summed E-state index contributed by atoms with van der Waals surface area (Å²) in [4.78, 5) is 0. The molecule has 1 aliphatic carbocycles. The first kappa shape index (κ1) is 14.8. The zero-order valence-corrected chi connectivity index (χ0v) is 12.7. The summed E-state index contributed by atoms with van der Waals surface area (Å²) in [5.41, 5.74) is 1.21. The topological polar surface area (TPSA) is 21.3 Å². The maximum atomic E-state index is 6.00. The Bertz CT molecular complexity index is 384. The van der Waals surface area contributed by atoms with Gasteiger partial charge in [0, 0.05) is 12.1 Å². The second-order valence-electron chi connectivity index (χ2n) is 5.37. The van der Waals surface area contributed by atoms with Crippen LogP contribution in [-0.2, 0) is 4.74 Å². The van der Waals surface area contributed by atoms with Crippen molar-refractivity contribution in [2.75, 3.05) is 13.7 Å². The van der Waals surface area contributed by atoms with Gasteiger partial charge in [-0.2, -0.15) is 0 Å². The summed E-state index contributed by atoms with van der Waals surface area (Å²) in [6.45, 7) is 3.09. The van der Waals surface area contributed by atoms with Crippen LogP contribution in [0.5, 0.6) is 0 Å².